The van der Waals surface area contributed by atoms with Gasteiger partial charge >= 0.3 is 0 Å². The Labute approximate surface area is 319 Å². The fourth-order valence-corrected chi connectivity index (χ4v) is 9.97. The average molecular weight is 719 g/mol. The number of rotatable bonds is 4. The van der Waals surface area contributed by atoms with Gasteiger partial charge in [-0.2, -0.15) is 0 Å². The van der Waals surface area contributed by atoms with E-state index in [1.54, 1.807) is 11.3 Å². The highest BCUT2D eigenvalue weighted by atomic mass is 32.1. The smallest absolute Gasteiger partial charge is 0.235 e. The minimum Gasteiger partial charge on any atom is -0.309 e. The Hall–Kier alpha value is -7.08. The maximum atomic E-state index is 5.54. The Balaban J connectivity index is 1.32. The molecule has 0 aliphatic carbocycles. The number of para-hydroxylation sites is 2. The summed E-state index contributed by atoms with van der Waals surface area (Å²) in [5.41, 5.74) is 11.0. The molecule has 0 aliphatic heterocycles. The van der Waals surface area contributed by atoms with E-state index in [2.05, 4.69) is 191 Å². The molecule has 8 aromatic carbocycles. The first-order chi connectivity index (χ1) is 27.3. The quantitative estimate of drug-likeness (QED) is 0.182. The summed E-state index contributed by atoms with van der Waals surface area (Å²) < 4.78 is 7.04. The van der Waals surface area contributed by atoms with Crippen LogP contribution in [0.4, 0.5) is 0 Å². The van der Waals surface area contributed by atoms with E-state index in [0.717, 1.165) is 43.6 Å². The van der Waals surface area contributed by atoms with Gasteiger partial charge in [-0.1, -0.05) is 140 Å². The number of hydrogen-bond donors (Lipinski definition) is 0. The summed E-state index contributed by atoms with van der Waals surface area (Å²) in [6.07, 6.45) is 0. The Bertz CT molecular complexity index is 3470. The highest BCUT2D eigenvalue weighted by molar-refractivity contribution is 7.26. The molecule has 4 heterocycles. The third-order valence-electron chi connectivity index (χ3n) is 11.1. The van der Waals surface area contributed by atoms with Crippen LogP contribution in [0.15, 0.2) is 182 Å². The molecule has 0 saturated carbocycles. The van der Waals surface area contributed by atoms with Gasteiger partial charge in [0.2, 0.25) is 5.95 Å². The van der Waals surface area contributed by atoms with Gasteiger partial charge in [0.1, 0.15) is 0 Å². The predicted molar refractivity (Wildman–Crippen MR) is 232 cm³/mol. The SMILES string of the molecule is c1ccc(-c2cc3c(c4ccccc24)c2c4c5ccccc5n(-c5ccccc5)c4ccc2n3-c2nc(-c3ccccc3)c3sc4ccccc4c3n2)cc1. The molecule has 0 fully saturated rings. The third-order valence-corrected chi connectivity index (χ3v) is 12.3. The molecule has 0 amide bonds. The molecule has 0 atom stereocenters. The van der Waals surface area contributed by atoms with Crippen LogP contribution < -0.4 is 0 Å². The number of hydrogen-bond acceptors (Lipinski definition) is 3. The van der Waals surface area contributed by atoms with Crippen LogP contribution in [-0.4, -0.2) is 19.1 Å². The van der Waals surface area contributed by atoms with E-state index in [1.807, 2.05) is 0 Å². The van der Waals surface area contributed by atoms with E-state index in [1.165, 1.54) is 59.2 Å². The molecule has 4 nitrogen and oxygen atoms in total. The van der Waals surface area contributed by atoms with Crippen LogP contribution in [0.25, 0.3) is 109 Å². The summed E-state index contributed by atoms with van der Waals surface area (Å²) in [5, 5.41) is 8.41. The van der Waals surface area contributed by atoms with Crippen molar-refractivity contribution in [2.24, 2.45) is 0 Å². The second-order valence-corrected chi connectivity index (χ2v) is 15.2. The van der Waals surface area contributed by atoms with Crippen molar-refractivity contribution in [1.82, 2.24) is 19.1 Å². The second kappa shape index (κ2) is 11.7. The minimum atomic E-state index is 0.662. The number of benzene rings is 8. The van der Waals surface area contributed by atoms with Crippen LogP contribution in [0.1, 0.15) is 0 Å². The Morgan fingerprint density at radius 2 is 0.982 bits per heavy atom. The van der Waals surface area contributed by atoms with Gasteiger partial charge in [-0.15, -0.1) is 11.3 Å². The van der Waals surface area contributed by atoms with Crippen LogP contribution in [0, 0.1) is 0 Å². The summed E-state index contributed by atoms with van der Waals surface area (Å²) in [6.45, 7) is 0. The van der Waals surface area contributed by atoms with E-state index in [4.69, 9.17) is 9.97 Å². The van der Waals surface area contributed by atoms with Crippen molar-refractivity contribution < 1.29 is 0 Å². The second-order valence-electron chi connectivity index (χ2n) is 14.1. The van der Waals surface area contributed by atoms with Gasteiger partial charge < -0.3 is 4.57 Å². The van der Waals surface area contributed by atoms with Crippen LogP contribution in [0.2, 0.25) is 0 Å². The van der Waals surface area contributed by atoms with Crippen LogP contribution in [0.3, 0.4) is 0 Å². The molecule has 0 unspecified atom stereocenters. The molecule has 256 valence electrons. The van der Waals surface area contributed by atoms with Crippen molar-refractivity contribution in [2.75, 3.05) is 0 Å². The molecule has 0 spiro atoms. The number of fused-ring (bicyclic) bond motifs is 12. The first-order valence-electron chi connectivity index (χ1n) is 18.6. The normalized spacial score (nSPS) is 12.0. The monoisotopic (exact) mass is 718 g/mol. The van der Waals surface area contributed by atoms with Gasteiger partial charge in [0.05, 0.1) is 38.0 Å². The van der Waals surface area contributed by atoms with Crippen molar-refractivity contribution in [3.63, 3.8) is 0 Å². The minimum absolute atomic E-state index is 0.662. The van der Waals surface area contributed by atoms with E-state index >= 15 is 0 Å². The molecule has 0 saturated heterocycles. The van der Waals surface area contributed by atoms with Gasteiger partial charge in [-0.05, 0) is 64.4 Å². The molecule has 0 N–H and O–H groups in total. The van der Waals surface area contributed by atoms with Gasteiger partial charge in [0, 0.05) is 42.9 Å². The third kappa shape index (κ3) is 4.39. The van der Waals surface area contributed by atoms with Crippen LogP contribution >= 0.6 is 11.3 Å². The van der Waals surface area contributed by atoms with Crippen LogP contribution in [-0.2, 0) is 0 Å². The van der Waals surface area contributed by atoms with E-state index < -0.39 is 0 Å². The summed E-state index contributed by atoms with van der Waals surface area (Å²) in [6, 6.07) is 65.2. The molecule has 5 heteroatoms. The molecule has 0 aliphatic rings. The lowest BCUT2D eigenvalue weighted by Gasteiger charge is -2.12. The lowest BCUT2D eigenvalue weighted by molar-refractivity contribution is 1.02. The van der Waals surface area contributed by atoms with Crippen molar-refractivity contribution in [3.8, 4) is 34.0 Å². The van der Waals surface area contributed by atoms with Crippen molar-refractivity contribution in [2.45, 2.75) is 0 Å². The number of thiophene rings is 1. The standard InChI is InChI=1S/C50H30N4S/c1-4-16-31(17-5-1)38-30-42-44(35-23-11-10-22-34(35)38)46-41(29-28-40-45(46)36-24-12-14-26-39(36)53(40)33-20-8-3-9-21-33)54(42)50-51-47(32-18-6-2-7-19-32)49-48(52-50)37-25-13-15-27-43(37)55-49/h1-30H. The molecule has 0 radical (unpaired) electrons. The topological polar surface area (TPSA) is 35.6 Å². The maximum absolute atomic E-state index is 5.54. The lowest BCUT2D eigenvalue weighted by atomic mass is 9.94. The summed E-state index contributed by atoms with van der Waals surface area (Å²) in [7, 11) is 0. The van der Waals surface area contributed by atoms with Crippen molar-refractivity contribution in [3.05, 3.63) is 182 Å². The van der Waals surface area contributed by atoms with Crippen LogP contribution in [0.5, 0.6) is 0 Å². The van der Waals surface area contributed by atoms with Crippen molar-refractivity contribution in [1.29, 1.82) is 0 Å². The molecular weight excluding hydrogens is 689 g/mol. The zero-order chi connectivity index (χ0) is 36.0. The Kier molecular flexibility index (Phi) is 6.47. The molecule has 4 aromatic heterocycles. The highest BCUT2D eigenvalue weighted by Gasteiger charge is 2.25. The molecule has 55 heavy (non-hydrogen) atoms. The summed E-state index contributed by atoms with van der Waals surface area (Å²) in [5.74, 6) is 0.662. The van der Waals surface area contributed by atoms with Gasteiger partial charge in [0.15, 0.2) is 0 Å². The predicted octanol–water partition coefficient (Wildman–Crippen LogP) is 13.5. The van der Waals surface area contributed by atoms with Gasteiger partial charge in [-0.3, -0.25) is 4.57 Å². The van der Waals surface area contributed by atoms with Crippen molar-refractivity contribution >= 4 is 86.0 Å². The van der Waals surface area contributed by atoms with E-state index in [9.17, 15) is 0 Å². The molecule has 12 aromatic rings. The molecule has 0 bridgehead atoms. The average Bonchev–Trinajstić information content (AvgIpc) is 3.91. The Morgan fingerprint density at radius 1 is 0.400 bits per heavy atom. The van der Waals surface area contributed by atoms with E-state index in [-0.39, 0.29) is 0 Å². The fourth-order valence-electron chi connectivity index (χ4n) is 8.82. The Morgan fingerprint density at radius 3 is 1.75 bits per heavy atom. The highest BCUT2D eigenvalue weighted by Crippen LogP contribution is 2.47. The fraction of sp³-hybridized carbons (Fsp3) is 0. The van der Waals surface area contributed by atoms with Gasteiger partial charge in [0.25, 0.3) is 0 Å². The largest absolute Gasteiger partial charge is 0.309 e. The first kappa shape index (κ1) is 30.4. The zero-order valence-corrected chi connectivity index (χ0v) is 30.3. The number of aromatic nitrogens is 4. The lowest BCUT2D eigenvalue weighted by Crippen LogP contribution is -2.03. The maximum Gasteiger partial charge on any atom is 0.235 e. The molecule has 12 rings (SSSR count). The van der Waals surface area contributed by atoms with E-state index in [0.29, 0.717) is 5.95 Å². The zero-order valence-electron chi connectivity index (χ0n) is 29.5. The summed E-state index contributed by atoms with van der Waals surface area (Å²) >= 11 is 1.76. The first-order valence-corrected chi connectivity index (χ1v) is 19.4. The molecular formula is C50H30N4S. The summed E-state index contributed by atoms with van der Waals surface area (Å²) in [4.78, 5) is 11.1. The van der Waals surface area contributed by atoms with Gasteiger partial charge in [-0.25, -0.2) is 9.97 Å². The number of nitrogens with zero attached hydrogens (tertiary/aromatic N) is 4.